The summed E-state index contributed by atoms with van der Waals surface area (Å²) in [4.78, 5) is 0. The molecule has 0 amide bonds. The number of hydrogen-bond acceptors (Lipinski definition) is 1. The minimum Gasteiger partial charge on any atom is -0.270 e. The molecule has 0 radical (unpaired) electrons. The zero-order valence-electron chi connectivity index (χ0n) is 11.2. The molecule has 0 N–H and O–H groups in total. The highest BCUT2D eigenvalue weighted by Gasteiger charge is 2.14. The fourth-order valence-corrected chi connectivity index (χ4v) is 2.53. The van der Waals surface area contributed by atoms with Crippen LogP contribution in [0.3, 0.4) is 0 Å². The van der Waals surface area contributed by atoms with E-state index in [-0.39, 0.29) is 5.92 Å². The van der Waals surface area contributed by atoms with E-state index in [1.165, 1.54) is 5.56 Å². The number of benzene rings is 1. The van der Waals surface area contributed by atoms with Gasteiger partial charge in [0.2, 0.25) is 0 Å². The Bertz CT molecular complexity index is 534. The largest absolute Gasteiger partial charge is 0.270 e. The van der Waals surface area contributed by atoms with Crippen molar-refractivity contribution in [1.29, 1.82) is 0 Å². The van der Waals surface area contributed by atoms with Gasteiger partial charge in [-0.05, 0) is 44.0 Å². The van der Waals surface area contributed by atoms with Crippen molar-refractivity contribution in [1.82, 2.24) is 9.78 Å². The molecule has 0 aliphatic carbocycles. The van der Waals surface area contributed by atoms with E-state index in [2.05, 4.69) is 31.1 Å². The molecule has 0 spiro atoms. The maximum absolute atomic E-state index is 6.10. The first-order valence-corrected chi connectivity index (χ1v) is 7.37. The van der Waals surface area contributed by atoms with Gasteiger partial charge in [0, 0.05) is 29.1 Å². The molecule has 1 atom stereocenters. The number of halogens is 2. The van der Waals surface area contributed by atoms with Crippen LogP contribution in [-0.4, -0.2) is 15.7 Å². The van der Waals surface area contributed by atoms with Crippen LogP contribution in [0.4, 0.5) is 0 Å². The van der Waals surface area contributed by atoms with Crippen molar-refractivity contribution in [3.05, 3.63) is 52.8 Å². The summed E-state index contributed by atoms with van der Waals surface area (Å²) < 4.78 is 1.97. The normalized spacial score (nSPS) is 12.9. The standard InChI is InChI=1S/C15H18Cl2N2/c1-11(2)19-7-6-15(18-19)9-13(10-16)12-4-3-5-14(17)8-12/h3-8,11,13H,9-10H2,1-2H3. The molecule has 1 heterocycles. The van der Waals surface area contributed by atoms with Crippen LogP contribution >= 0.6 is 23.2 Å². The highest BCUT2D eigenvalue weighted by atomic mass is 35.5. The van der Waals surface area contributed by atoms with Gasteiger partial charge in [-0.1, -0.05) is 23.7 Å². The Morgan fingerprint density at radius 2 is 2.05 bits per heavy atom. The molecule has 0 saturated heterocycles. The number of nitrogens with zero attached hydrogens (tertiary/aromatic N) is 2. The second-order valence-electron chi connectivity index (χ2n) is 4.99. The Morgan fingerprint density at radius 3 is 2.63 bits per heavy atom. The van der Waals surface area contributed by atoms with Crippen molar-refractivity contribution in [3.63, 3.8) is 0 Å². The number of alkyl halides is 1. The molecule has 2 aromatic rings. The lowest BCUT2D eigenvalue weighted by atomic mass is 9.96. The fourth-order valence-electron chi connectivity index (χ4n) is 2.05. The monoisotopic (exact) mass is 296 g/mol. The van der Waals surface area contributed by atoms with Gasteiger partial charge in [-0.15, -0.1) is 11.6 Å². The number of rotatable bonds is 5. The Labute approximate surface area is 124 Å². The van der Waals surface area contributed by atoms with E-state index in [1.807, 2.05) is 29.1 Å². The van der Waals surface area contributed by atoms with Gasteiger partial charge >= 0.3 is 0 Å². The summed E-state index contributed by atoms with van der Waals surface area (Å²) in [6.45, 7) is 4.24. The van der Waals surface area contributed by atoms with Gasteiger partial charge in [0.25, 0.3) is 0 Å². The Balaban J connectivity index is 2.14. The molecule has 2 rings (SSSR count). The number of aromatic nitrogens is 2. The lowest BCUT2D eigenvalue weighted by Gasteiger charge is -2.13. The molecule has 2 nitrogen and oxygen atoms in total. The van der Waals surface area contributed by atoms with Gasteiger partial charge in [-0.2, -0.15) is 5.10 Å². The zero-order chi connectivity index (χ0) is 13.8. The van der Waals surface area contributed by atoms with E-state index in [4.69, 9.17) is 23.2 Å². The van der Waals surface area contributed by atoms with Gasteiger partial charge in [0.05, 0.1) is 5.69 Å². The summed E-state index contributed by atoms with van der Waals surface area (Å²) in [6.07, 6.45) is 2.85. The molecule has 4 heteroatoms. The first-order chi connectivity index (χ1) is 9.10. The van der Waals surface area contributed by atoms with Crippen LogP contribution in [0.15, 0.2) is 36.5 Å². The summed E-state index contributed by atoms with van der Waals surface area (Å²) in [5, 5.41) is 5.32. The summed E-state index contributed by atoms with van der Waals surface area (Å²) >= 11 is 12.1. The van der Waals surface area contributed by atoms with Crippen molar-refractivity contribution in [2.24, 2.45) is 0 Å². The zero-order valence-corrected chi connectivity index (χ0v) is 12.7. The second-order valence-corrected chi connectivity index (χ2v) is 5.74. The molecule has 1 aromatic heterocycles. The lowest BCUT2D eigenvalue weighted by Crippen LogP contribution is -2.07. The summed E-state index contributed by atoms with van der Waals surface area (Å²) in [5.74, 6) is 0.811. The maximum atomic E-state index is 6.10. The SMILES string of the molecule is CC(C)n1ccc(CC(CCl)c2cccc(Cl)c2)n1. The van der Waals surface area contributed by atoms with Crippen LogP contribution in [0.1, 0.15) is 37.1 Å². The van der Waals surface area contributed by atoms with Crippen LogP contribution in [0.5, 0.6) is 0 Å². The van der Waals surface area contributed by atoms with E-state index in [1.54, 1.807) is 0 Å². The fraction of sp³-hybridized carbons (Fsp3) is 0.400. The van der Waals surface area contributed by atoms with Crippen molar-refractivity contribution < 1.29 is 0 Å². The van der Waals surface area contributed by atoms with Crippen molar-refractivity contribution in [2.45, 2.75) is 32.2 Å². The molecule has 0 saturated carbocycles. The quantitative estimate of drug-likeness (QED) is 0.732. The molecule has 1 aromatic carbocycles. The van der Waals surface area contributed by atoms with Gasteiger partial charge in [-0.3, -0.25) is 4.68 Å². The third-order valence-corrected chi connectivity index (χ3v) is 3.76. The molecule has 19 heavy (non-hydrogen) atoms. The first kappa shape index (κ1) is 14.4. The molecule has 102 valence electrons. The van der Waals surface area contributed by atoms with Gasteiger partial charge in [0.1, 0.15) is 0 Å². The Hall–Kier alpha value is -0.990. The van der Waals surface area contributed by atoms with Gasteiger partial charge in [-0.25, -0.2) is 0 Å². The van der Waals surface area contributed by atoms with Crippen molar-refractivity contribution in [2.75, 3.05) is 5.88 Å². The molecule has 0 aliphatic heterocycles. The minimum atomic E-state index is 0.246. The average molecular weight is 297 g/mol. The molecule has 0 bridgehead atoms. The molecule has 0 aliphatic rings. The summed E-state index contributed by atoms with van der Waals surface area (Å²) in [7, 11) is 0. The third kappa shape index (κ3) is 3.74. The molecule has 1 unspecified atom stereocenters. The first-order valence-electron chi connectivity index (χ1n) is 6.45. The molecule has 0 fully saturated rings. The van der Waals surface area contributed by atoms with Gasteiger partial charge < -0.3 is 0 Å². The predicted molar refractivity (Wildman–Crippen MR) is 81.2 cm³/mol. The van der Waals surface area contributed by atoms with E-state index in [9.17, 15) is 0 Å². The topological polar surface area (TPSA) is 17.8 Å². The molecular formula is C15H18Cl2N2. The maximum Gasteiger partial charge on any atom is 0.0631 e. The predicted octanol–water partition coefficient (Wildman–Crippen LogP) is 4.68. The van der Waals surface area contributed by atoms with Crippen LogP contribution in [0.2, 0.25) is 5.02 Å². The smallest absolute Gasteiger partial charge is 0.0631 e. The van der Waals surface area contributed by atoms with Crippen LogP contribution < -0.4 is 0 Å². The van der Waals surface area contributed by atoms with Crippen molar-refractivity contribution in [3.8, 4) is 0 Å². The summed E-state index contributed by atoms with van der Waals surface area (Å²) in [6, 6.07) is 10.3. The summed E-state index contributed by atoms with van der Waals surface area (Å²) in [5.41, 5.74) is 2.24. The average Bonchev–Trinajstić information content (AvgIpc) is 2.84. The molecular weight excluding hydrogens is 279 g/mol. The van der Waals surface area contributed by atoms with E-state index >= 15 is 0 Å². The lowest BCUT2D eigenvalue weighted by molar-refractivity contribution is 0.523. The Morgan fingerprint density at radius 1 is 1.26 bits per heavy atom. The van der Waals surface area contributed by atoms with Crippen LogP contribution in [-0.2, 0) is 6.42 Å². The second kappa shape index (κ2) is 6.44. The Kier molecular flexibility index (Phi) is 4.89. The highest BCUT2D eigenvalue weighted by Crippen LogP contribution is 2.24. The van der Waals surface area contributed by atoms with Gasteiger partial charge in [0.15, 0.2) is 0 Å². The third-order valence-electron chi connectivity index (χ3n) is 3.15. The van der Waals surface area contributed by atoms with Crippen molar-refractivity contribution >= 4 is 23.2 Å². The minimum absolute atomic E-state index is 0.246. The van der Waals surface area contributed by atoms with E-state index < -0.39 is 0 Å². The van der Waals surface area contributed by atoms with Crippen LogP contribution in [0.25, 0.3) is 0 Å². The number of hydrogen-bond donors (Lipinski definition) is 0. The van der Waals surface area contributed by atoms with Crippen LogP contribution in [0, 0.1) is 0 Å². The van der Waals surface area contributed by atoms with E-state index in [0.717, 1.165) is 17.1 Å². The van der Waals surface area contributed by atoms with E-state index in [0.29, 0.717) is 11.9 Å². The highest BCUT2D eigenvalue weighted by molar-refractivity contribution is 6.30.